The molecule has 3 rings (SSSR count). The molecule has 0 saturated heterocycles. The van der Waals surface area contributed by atoms with Crippen LogP contribution in [0.25, 0.3) is 22.6 Å². The van der Waals surface area contributed by atoms with Gasteiger partial charge in [0.1, 0.15) is 10.4 Å². The van der Waals surface area contributed by atoms with Crippen molar-refractivity contribution in [2.24, 2.45) is 0 Å². The fourth-order valence-corrected chi connectivity index (χ4v) is 1.98. The standard InChI is InChI=1S/C14H10BrN3.C2H6/c15-13-7-6-11(8-16-13)14-17-9-12(18-14)10-4-2-1-3-5-10;1-2/h1-9H,(H,17,18);1-2H3. The lowest BCUT2D eigenvalue weighted by Gasteiger charge is -1.97. The maximum atomic E-state index is 4.38. The molecule has 0 bridgehead atoms. The molecule has 0 amide bonds. The zero-order valence-corrected chi connectivity index (χ0v) is 13.1. The van der Waals surface area contributed by atoms with Gasteiger partial charge in [0.2, 0.25) is 0 Å². The third-order valence-corrected chi connectivity index (χ3v) is 3.13. The van der Waals surface area contributed by atoms with Crippen LogP contribution in [0.5, 0.6) is 0 Å². The molecular weight excluding hydrogens is 314 g/mol. The van der Waals surface area contributed by atoms with Crippen molar-refractivity contribution in [1.82, 2.24) is 15.0 Å². The van der Waals surface area contributed by atoms with Crippen LogP contribution in [0.3, 0.4) is 0 Å². The van der Waals surface area contributed by atoms with Gasteiger partial charge in [0.05, 0.1) is 11.9 Å². The molecule has 0 saturated carbocycles. The predicted octanol–water partition coefficient (Wildman–Crippen LogP) is 4.93. The fourth-order valence-electron chi connectivity index (χ4n) is 1.75. The lowest BCUT2D eigenvalue weighted by molar-refractivity contribution is 1.24. The molecule has 0 aliphatic carbocycles. The first-order chi connectivity index (χ1) is 9.83. The Morgan fingerprint density at radius 3 is 2.25 bits per heavy atom. The lowest BCUT2D eigenvalue weighted by Crippen LogP contribution is -1.83. The van der Waals surface area contributed by atoms with Crippen molar-refractivity contribution in [3.8, 4) is 22.6 Å². The summed E-state index contributed by atoms with van der Waals surface area (Å²) in [6.45, 7) is 4.00. The van der Waals surface area contributed by atoms with E-state index in [-0.39, 0.29) is 0 Å². The Hall–Kier alpha value is -1.94. The fraction of sp³-hybridized carbons (Fsp3) is 0.125. The van der Waals surface area contributed by atoms with Crippen molar-refractivity contribution >= 4 is 15.9 Å². The molecule has 0 aliphatic heterocycles. The molecule has 0 spiro atoms. The highest BCUT2D eigenvalue weighted by Crippen LogP contribution is 2.21. The molecule has 0 aliphatic rings. The summed E-state index contributed by atoms with van der Waals surface area (Å²) in [7, 11) is 0. The van der Waals surface area contributed by atoms with Gasteiger partial charge in [-0.2, -0.15) is 0 Å². The third-order valence-electron chi connectivity index (χ3n) is 2.66. The largest absolute Gasteiger partial charge is 0.338 e. The molecule has 1 N–H and O–H groups in total. The minimum atomic E-state index is 0.820. The van der Waals surface area contributed by atoms with E-state index in [2.05, 4.69) is 43.0 Å². The Kier molecular flexibility index (Phi) is 5.07. The molecular formula is C16H16BrN3. The summed E-state index contributed by atoms with van der Waals surface area (Å²) in [5.41, 5.74) is 3.11. The Labute approximate surface area is 127 Å². The van der Waals surface area contributed by atoms with Crippen LogP contribution in [0.2, 0.25) is 0 Å². The van der Waals surface area contributed by atoms with Gasteiger partial charge in [0.15, 0.2) is 0 Å². The second kappa shape index (κ2) is 7.01. The third kappa shape index (κ3) is 3.33. The summed E-state index contributed by atoms with van der Waals surface area (Å²) in [5, 5.41) is 0. The number of nitrogens with one attached hydrogen (secondary N) is 1. The normalized spacial score (nSPS) is 9.75. The molecule has 0 radical (unpaired) electrons. The summed E-state index contributed by atoms with van der Waals surface area (Å²) in [5.74, 6) is 0.828. The van der Waals surface area contributed by atoms with Crippen LogP contribution >= 0.6 is 15.9 Å². The first-order valence-electron chi connectivity index (χ1n) is 6.55. The minimum Gasteiger partial charge on any atom is -0.338 e. The SMILES string of the molecule is Brc1ccc(-c2ncc(-c3ccccc3)[nH]2)cn1.CC. The van der Waals surface area contributed by atoms with E-state index in [1.165, 1.54) is 0 Å². The second-order valence-corrected chi connectivity index (χ2v) is 4.69. The average Bonchev–Trinajstić information content (AvgIpc) is 3.01. The number of aromatic nitrogens is 3. The highest BCUT2D eigenvalue weighted by atomic mass is 79.9. The van der Waals surface area contributed by atoms with Crippen LogP contribution in [-0.4, -0.2) is 15.0 Å². The van der Waals surface area contributed by atoms with Crippen molar-refractivity contribution < 1.29 is 0 Å². The Morgan fingerprint density at radius 1 is 0.850 bits per heavy atom. The highest BCUT2D eigenvalue weighted by molar-refractivity contribution is 9.10. The van der Waals surface area contributed by atoms with E-state index in [1.54, 1.807) is 6.20 Å². The van der Waals surface area contributed by atoms with Crippen molar-refractivity contribution in [3.05, 3.63) is 59.5 Å². The van der Waals surface area contributed by atoms with Gasteiger partial charge >= 0.3 is 0 Å². The summed E-state index contributed by atoms with van der Waals surface area (Å²) in [4.78, 5) is 11.9. The first kappa shape index (κ1) is 14.5. The maximum absolute atomic E-state index is 4.38. The molecule has 2 heterocycles. The van der Waals surface area contributed by atoms with E-state index in [0.717, 1.165) is 27.2 Å². The van der Waals surface area contributed by atoms with Crippen LogP contribution in [0.1, 0.15) is 13.8 Å². The van der Waals surface area contributed by atoms with Crippen LogP contribution in [0.4, 0.5) is 0 Å². The van der Waals surface area contributed by atoms with Gasteiger partial charge in [-0.25, -0.2) is 9.97 Å². The molecule has 2 aromatic heterocycles. The van der Waals surface area contributed by atoms with Gasteiger partial charge in [-0.3, -0.25) is 0 Å². The number of rotatable bonds is 2. The molecule has 3 nitrogen and oxygen atoms in total. The summed E-state index contributed by atoms with van der Waals surface area (Å²) in [6, 6.07) is 14.0. The van der Waals surface area contributed by atoms with E-state index in [9.17, 15) is 0 Å². The molecule has 0 unspecified atom stereocenters. The van der Waals surface area contributed by atoms with Gasteiger partial charge in [-0.15, -0.1) is 0 Å². The number of imidazole rings is 1. The van der Waals surface area contributed by atoms with E-state index in [4.69, 9.17) is 0 Å². The molecule has 3 aromatic rings. The van der Waals surface area contributed by atoms with Gasteiger partial charge in [-0.05, 0) is 33.6 Å². The number of aromatic amines is 1. The minimum absolute atomic E-state index is 0.820. The van der Waals surface area contributed by atoms with Crippen LogP contribution in [-0.2, 0) is 0 Å². The van der Waals surface area contributed by atoms with Crippen LogP contribution in [0.15, 0.2) is 59.5 Å². The molecule has 1 aromatic carbocycles. The van der Waals surface area contributed by atoms with Gasteiger partial charge in [0, 0.05) is 11.8 Å². The van der Waals surface area contributed by atoms with E-state index < -0.39 is 0 Å². The predicted molar refractivity (Wildman–Crippen MR) is 86.3 cm³/mol. The van der Waals surface area contributed by atoms with Crippen LogP contribution in [0, 0.1) is 0 Å². The number of H-pyrrole nitrogens is 1. The topological polar surface area (TPSA) is 41.6 Å². The number of halogens is 1. The number of pyridine rings is 1. The number of nitrogens with zero attached hydrogens (tertiary/aromatic N) is 2. The molecule has 4 heteroatoms. The second-order valence-electron chi connectivity index (χ2n) is 3.88. The maximum Gasteiger partial charge on any atom is 0.139 e. The average molecular weight is 330 g/mol. The van der Waals surface area contributed by atoms with E-state index >= 15 is 0 Å². The summed E-state index contributed by atoms with van der Waals surface area (Å²) >= 11 is 3.32. The monoisotopic (exact) mass is 329 g/mol. The van der Waals surface area contributed by atoms with Gasteiger partial charge < -0.3 is 4.98 Å². The quantitative estimate of drug-likeness (QED) is 0.677. The van der Waals surface area contributed by atoms with Crippen molar-refractivity contribution in [2.75, 3.05) is 0 Å². The van der Waals surface area contributed by atoms with Crippen molar-refractivity contribution in [1.29, 1.82) is 0 Å². The number of hydrogen-bond donors (Lipinski definition) is 1. The summed E-state index contributed by atoms with van der Waals surface area (Å²) < 4.78 is 0.820. The Bertz CT molecular complexity index is 645. The van der Waals surface area contributed by atoms with Gasteiger partial charge in [-0.1, -0.05) is 44.2 Å². The number of hydrogen-bond acceptors (Lipinski definition) is 2. The number of benzene rings is 1. The first-order valence-corrected chi connectivity index (χ1v) is 7.34. The summed E-state index contributed by atoms with van der Waals surface area (Å²) in [6.07, 6.45) is 3.63. The lowest BCUT2D eigenvalue weighted by atomic mass is 10.2. The van der Waals surface area contributed by atoms with E-state index in [1.807, 2.05) is 50.4 Å². The Morgan fingerprint density at radius 2 is 1.60 bits per heavy atom. The molecule has 102 valence electrons. The zero-order valence-electron chi connectivity index (χ0n) is 11.5. The molecule has 0 fully saturated rings. The van der Waals surface area contributed by atoms with E-state index in [0.29, 0.717) is 0 Å². The van der Waals surface area contributed by atoms with Crippen LogP contribution < -0.4 is 0 Å². The Balaban J connectivity index is 0.000000704. The van der Waals surface area contributed by atoms with Gasteiger partial charge in [0.25, 0.3) is 0 Å². The smallest absolute Gasteiger partial charge is 0.139 e. The van der Waals surface area contributed by atoms with Crippen molar-refractivity contribution in [3.63, 3.8) is 0 Å². The zero-order chi connectivity index (χ0) is 14.4. The molecule has 0 atom stereocenters. The molecule has 20 heavy (non-hydrogen) atoms. The van der Waals surface area contributed by atoms with Crippen molar-refractivity contribution in [2.45, 2.75) is 13.8 Å². The highest BCUT2D eigenvalue weighted by Gasteiger charge is 2.05.